The van der Waals surface area contributed by atoms with Crippen LogP contribution in [0.15, 0.2) is 41.3 Å². The van der Waals surface area contributed by atoms with Crippen LogP contribution < -0.4 is 15.2 Å². The van der Waals surface area contributed by atoms with Gasteiger partial charge in [-0.25, -0.2) is 4.68 Å². The Labute approximate surface area is 182 Å². The van der Waals surface area contributed by atoms with E-state index >= 15 is 0 Å². The average Bonchev–Trinajstić information content (AvgIpc) is 2.82. The van der Waals surface area contributed by atoms with E-state index in [2.05, 4.69) is 32.0 Å². The molecule has 1 aliphatic heterocycles. The molecule has 1 aliphatic carbocycles. The molecule has 1 saturated heterocycles. The minimum absolute atomic E-state index is 0.0384. The maximum atomic E-state index is 12.4. The Bertz CT molecular complexity index is 1130. The van der Waals surface area contributed by atoms with Crippen molar-refractivity contribution in [3.8, 4) is 5.75 Å². The zero-order chi connectivity index (χ0) is 21.2. The van der Waals surface area contributed by atoms with Gasteiger partial charge in [0.05, 0.1) is 24.9 Å². The van der Waals surface area contributed by atoms with Crippen LogP contribution in [0.25, 0.3) is 10.9 Å². The highest BCUT2D eigenvalue weighted by Crippen LogP contribution is 2.29. The van der Waals surface area contributed by atoms with Gasteiger partial charge in [-0.15, -0.1) is 0 Å². The van der Waals surface area contributed by atoms with Crippen molar-refractivity contribution >= 4 is 16.6 Å². The Kier molecular flexibility index (Phi) is 5.59. The summed E-state index contributed by atoms with van der Waals surface area (Å²) in [5.74, 6) is 0.850. The van der Waals surface area contributed by atoms with Gasteiger partial charge in [-0.3, -0.25) is 14.7 Å². The third kappa shape index (κ3) is 4.14. The van der Waals surface area contributed by atoms with Crippen molar-refractivity contribution in [3.63, 3.8) is 0 Å². The first-order valence-corrected chi connectivity index (χ1v) is 11.2. The molecular weight excluding hydrogens is 390 g/mol. The van der Waals surface area contributed by atoms with E-state index in [-0.39, 0.29) is 5.56 Å². The van der Waals surface area contributed by atoms with Crippen molar-refractivity contribution in [2.24, 2.45) is 0 Å². The molecule has 0 unspecified atom stereocenters. The number of hydrogen-bond donors (Lipinski definition) is 0. The molecule has 1 aromatic carbocycles. The van der Waals surface area contributed by atoms with Crippen molar-refractivity contribution in [3.05, 3.63) is 58.1 Å². The summed E-state index contributed by atoms with van der Waals surface area (Å²) in [4.78, 5) is 21.8. The molecule has 0 saturated carbocycles. The highest BCUT2D eigenvalue weighted by Gasteiger charge is 2.20. The lowest BCUT2D eigenvalue weighted by Crippen LogP contribution is -2.47. The fourth-order valence-corrected chi connectivity index (χ4v) is 4.72. The number of piperazine rings is 1. The second kappa shape index (κ2) is 8.67. The Morgan fingerprint density at radius 3 is 2.68 bits per heavy atom. The van der Waals surface area contributed by atoms with Gasteiger partial charge in [-0.2, -0.15) is 5.10 Å². The average molecular weight is 420 g/mol. The van der Waals surface area contributed by atoms with Crippen LogP contribution in [0.1, 0.15) is 24.1 Å². The zero-order valence-electron chi connectivity index (χ0n) is 18.1. The number of aromatic nitrogens is 3. The smallest absolute Gasteiger partial charge is 0.267 e. The van der Waals surface area contributed by atoms with Gasteiger partial charge in [0.25, 0.3) is 5.56 Å². The van der Waals surface area contributed by atoms with Crippen LogP contribution in [0.3, 0.4) is 0 Å². The molecule has 1 fully saturated rings. The lowest BCUT2D eigenvalue weighted by atomic mass is 9.97. The van der Waals surface area contributed by atoms with Crippen LogP contribution in [0.4, 0.5) is 5.69 Å². The minimum Gasteiger partial charge on any atom is -0.497 e. The van der Waals surface area contributed by atoms with E-state index < -0.39 is 0 Å². The van der Waals surface area contributed by atoms with Crippen LogP contribution >= 0.6 is 0 Å². The summed E-state index contributed by atoms with van der Waals surface area (Å²) in [6, 6.07) is 9.93. The molecule has 0 spiro atoms. The molecular formula is C24H29N5O2. The summed E-state index contributed by atoms with van der Waals surface area (Å²) in [5.41, 5.74) is 4.50. The van der Waals surface area contributed by atoms with Crippen molar-refractivity contribution in [1.82, 2.24) is 19.7 Å². The number of pyridine rings is 1. The SMILES string of the molecule is COc1ccc2nccc(N3CCN(CCn4nc5c(cc4=O)CCCC5)CC3)c2c1. The first-order valence-electron chi connectivity index (χ1n) is 11.2. The highest BCUT2D eigenvalue weighted by molar-refractivity contribution is 5.92. The number of methoxy groups -OCH3 is 1. The van der Waals surface area contributed by atoms with Crippen LogP contribution in [0.5, 0.6) is 5.75 Å². The molecule has 0 radical (unpaired) electrons. The van der Waals surface area contributed by atoms with Crippen molar-refractivity contribution in [1.29, 1.82) is 0 Å². The van der Waals surface area contributed by atoms with E-state index in [9.17, 15) is 4.79 Å². The molecule has 0 atom stereocenters. The van der Waals surface area contributed by atoms with Crippen LogP contribution in [-0.2, 0) is 19.4 Å². The van der Waals surface area contributed by atoms with Gasteiger partial charge in [-0.05, 0) is 55.5 Å². The number of anilines is 1. The molecule has 2 aromatic heterocycles. The van der Waals surface area contributed by atoms with Gasteiger partial charge in [0.15, 0.2) is 0 Å². The van der Waals surface area contributed by atoms with Crippen molar-refractivity contribution in [2.45, 2.75) is 32.2 Å². The standard InChI is InChI=1S/C24H29N5O2/c1-31-19-6-7-22-20(17-19)23(8-9-25-22)28-13-10-27(11-14-28)12-15-29-24(30)16-18-4-2-3-5-21(18)26-29/h6-9,16-17H,2-5,10-15H2,1H3. The summed E-state index contributed by atoms with van der Waals surface area (Å²) in [5, 5.41) is 5.78. The van der Waals surface area contributed by atoms with E-state index in [1.165, 1.54) is 18.5 Å². The van der Waals surface area contributed by atoms with E-state index in [0.717, 1.165) is 73.5 Å². The molecule has 3 aromatic rings. The van der Waals surface area contributed by atoms with E-state index in [0.29, 0.717) is 6.54 Å². The number of fused-ring (bicyclic) bond motifs is 2. The first-order chi connectivity index (χ1) is 15.2. The highest BCUT2D eigenvalue weighted by atomic mass is 16.5. The predicted octanol–water partition coefficient (Wildman–Crippen LogP) is 2.50. The van der Waals surface area contributed by atoms with Gasteiger partial charge in [0.2, 0.25) is 0 Å². The normalized spacial score (nSPS) is 17.0. The Morgan fingerprint density at radius 1 is 1.00 bits per heavy atom. The summed E-state index contributed by atoms with van der Waals surface area (Å²) >= 11 is 0. The predicted molar refractivity (Wildman–Crippen MR) is 122 cm³/mol. The zero-order valence-corrected chi connectivity index (χ0v) is 18.1. The molecule has 7 nitrogen and oxygen atoms in total. The van der Waals surface area contributed by atoms with Crippen molar-refractivity contribution in [2.75, 3.05) is 44.7 Å². The minimum atomic E-state index is 0.0384. The van der Waals surface area contributed by atoms with Gasteiger partial charge < -0.3 is 9.64 Å². The number of aryl methyl sites for hydroxylation is 2. The summed E-state index contributed by atoms with van der Waals surface area (Å²) in [6.45, 7) is 5.33. The van der Waals surface area contributed by atoms with Gasteiger partial charge in [-0.1, -0.05) is 0 Å². The van der Waals surface area contributed by atoms with Crippen molar-refractivity contribution < 1.29 is 4.74 Å². The third-order valence-electron chi connectivity index (χ3n) is 6.54. The lowest BCUT2D eigenvalue weighted by Gasteiger charge is -2.36. The van der Waals surface area contributed by atoms with E-state index in [1.807, 2.05) is 24.4 Å². The number of ether oxygens (including phenoxy) is 1. The second-order valence-corrected chi connectivity index (χ2v) is 8.43. The maximum Gasteiger partial charge on any atom is 0.267 e. The summed E-state index contributed by atoms with van der Waals surface area (Å²) in [7, 11) is 1.69. The monoisotopic (exact) mass is 419 g/mol. The number of rotatable bonds is 5. The first kappa shape index (κ1) is 20.0. The van der Waals surface area contributed by atoms with Crippen LogP contribution in [0, 0.1) is 0 Å². The topological polar surface area (TPSA) is 63.5 Å². The fourth-order valence-electron chi connectivity index (χ4n) is 4.72. The lowest BCUT2D eigenvalue weighted by molar-refractivity contribution is 0.242. The Hall–Kier alpha value is -2.93. The number of hydrogen-bond acceptors (Lipinski definition) is 6. The molecule has 2 aliphatic rings. The number of nitrogens with zero attached hydrogens (tertiary/aromatic N) is 5. The largest absolute Gasteiger partial charge is 0.497 e. The Morgan fingerprint density at radius 2 is 1.84 bits per heavy atom. The van der Waals surface area contributed by atoms with Gasteiger partial charge in [0, 0.05) is 56.1 Å². The molecule has 0 bridgehead atoms. The molecule has 0 N–H and O–H groups in total. The molecule has 31 heavy (non-hydrogen) atoms. The Balaban J connectivity index is 1.23. The van der Waals surface area contributed by atoms with E-state index in [1.54, 1.807) is 11.8 Å². The third-order valence-corrected chi connectivity index (χ3v) is 6.54. The number of benzene rings is 1. The van der Waals surface area contributed by atoms with E-state index in [4.69, 9.17) is 4.74 Å². The fraction of sp³-hybridized carbons (Fsp3) is 0.458. The van der Waals surface area contributed by atoms with Gasteiger partial charge >= 0.3 is 0 Å². The summed E-state index contributed by atoms with van der Waals surface area (Å²) in [6.07, 6.45) is 6.22. The molecule has 0 amide bonds. The molecule has 3 heterocycles. The maximum absolute atomic E-state index is 12.4. The van der Waals surface area contributed by atoms with Crippen LogP contribution in [-0.4, -0.2) is 59.5 Å². The molecule has 7 heteroatoms. The van der Waals surface area contributed by atoms with Crippen LogP contribution in [0.2, 0.25) is 0 Å². The molecule has 5 rings (SSSR count). The van der Waals surface area contributed by atoms with Gasteiger partial charge in [0.1, 0.15) is 5.75 Å². The molecule has 162 valence electrons. The quantitative estimate of drug-likeness (QED) is 0.633. The second-order valence-electron chi connectivity index (χ2n) is 8.43. The summed E-state index contributed by atoms with van der Waals surface area (Å²) < 4.78 is 7.08.